The highest BCUT2D eigenvalue weighted by Gasteiger charge is 2.32. The summed E-state index contributed by atoms with van der Waals surface area (Å²) in [4.78, 5) is 36.1. The van der Waals surface area contributed by atoms with Crippen molar-refractivity contribution >= 4 is 11.9 Å². The second-order valence-corrected chi connectivity index (χ2v) is 5.23. The summed E-state index contributed by atoms with van der Waals surface area (Å²) in [5, 5.41) is 9.13. The molecule has 0 radical (unpaired) electrons. The average Bonchev–Trinajstić information content (AvgIpc) is 3.05. The van der Waals surface area contributed by atoms with Crippen LogP contribution in [0.5, 0.6) is 0 Å². The fourth-order valence-electron chi connectivity index (χ4n) is 2.85. The second kappa shape index (κ2) is 5.97. The zero-order chi connectivity index (χ0) is 15.5. The van der Waals surface area contributed by atoms with E-state index in [0.29, 0.717) is 6.54 Å². The third kappa shape index (κ3) is 2.57. The van der Waals surface area contributed by atoms with Gasteiger partial charge in [-0.2, -0.15) is 0 Å². The Hall–Kier alpha value is -2.70. The minimum Gasteiger partial charge on any atom is -0.477 e. The topological polar surface area (TPSA) is 99.2 Å². The first-order valence-electron chi connectivity index (χ1n) is 7.16. The number of aromatic amines is 1. The van der Waals surface area contributed by atoms with Gasteiger partial charge in [0.2, 0.25) is 0 Å². The number of aromatic carboxylic acids is 1. The first-order valence-corrected chi connectivity index (χ1v) is 7.16. The molecule has 1 aliphatic heterocycles. The van der Waals surface area contributed by atoms with Crippen molar-refractivity contribution in [3.8, 4) is 0 Å². The molecule has 2 aromatic rings. The molecule has 1 amide bonds. The van der Waals surface area contributed by atoms with Gasteiger partial charge in [-0.15, -0.1) is 0 Å². The van der Waals surface area contributed by atoms with Gasteiger partial charge in [-0.1, -0.05) is 6.07 Å². The molecule has 114 valence electrons. The number of hydrogen-bond acceptors (Lipinski definition) is 4. The van der Waals surface area contributed by atoms with E-state index in [9.17, 15) is 9.59 Å². The summed E-state index contributed by atoms with van der Waals surface area (Å²) < 4.78 is 0. The molecule has 0 bridgehead atoms. The van der Waals surface area contributed by atoms with Crippen LogP contribution < -0.4 is 0 Å². The van der Waals surface area contributed by atoms with Crippen LogP contribution in [0.3, 0.4) is 0 Å². The van der Waals surface area contributed by atoms with Crippen molar-refractivity contribution in [2.45, 2.75) is 25.3 Å². The number of aromatic nitrogens is 3. The molecular formula is C15H16N4O3. The maximum absolute atomic E-state index is 12.7. The van der Waals surface area contributed by atoms with E-state index in [1.165, 1.54) is 6.33 Å². The predicted molar refractivity (Wildman–Crippen MR) is 77.4 cm³/mol. The van der Waals surface area contributed by atoms with Crippen LogP contribution >= 0.6 is 0 Å². The van der Waals surface area contributed by atoms with Crippen LogP contribution in [0.25, 0.3) is 0 Å². The van der Waals surface area contributed by atoms with Crippen molar-refractivity contribution in [2.24, 2.45) is 0 Å². The van der Waals surface area contributed by atoms with Crippen LogP contribution in [-0.2, 0) is 0 Å². The Morgan fingerprint density at radius 2 is 2.23 bits per heavy atom. The van der Waals surface area contributed by atoms with E-state index in [-0.39, 0.29) is 23.3 Å². The van der Waals surface area contributed by atoms with Crippen molar-refractivity contribution in [3.63, 3.8) is 0 Å². The van der Waals surface area contributed by atoms with Crippen LogP contribution in [0.1, 0.15) is 51.8 Å². The SMILES string of the molecule is O=C(O)c1[nH]cnc1C(=O)N1CCCCC1c1cccnc1. The minimum atomic E-state index is -1.18. The molecular weight excluding hydrogens is 284 g/mol. The third-order valence-corrected chi connectivity index (χ3v) is 3.89. The molecule has 0 saturated carbocycles. The molecule has 1 aliphatic rings. The molecule has 2 aromatic heterocycles. The lowest BCUT2D eigenvalue weighted by molar-refractivity contribution is 0.0587. The molecule has 3 rings (SSSR count). The summed E-state index contributed by atoms with van der Waals surface area (Å²) in [5.41, 5.74) is 0.756. The van der Waals surface area contributed by atoms with Crippen molar-refractivity contribution in [3.05, 3.63) is 47.8 Å². The van der Waals surface area contributed by atoms with Gasteiger partial charge < -0.3 is 15.0 Å². The first-order chi connectivity index (χ1) is 10.7. The van der Waals surface area contributed by atoms with Gasteiger partial charge in [-0.05, 0) is 30.9 Å². The first kappa shape index (κ1) is 14.2. The summed E-state index contributed by atoms with van der Waals surface area (Å²) in [6.07, 6.45) is 7.43. The number of piperidine rings is 1. The quantitative estimate of drug-likeness (QED) is 0.901. The number of rotatable bonds is 3. The molecule has 1 fully saturated rings. The maximum atomic E-state index is 12.7. The van der Waals surface area contributed by atoms with Gasteiger partial charge in [0.1, 0.15) is 0 Å². The number of carboxylic acids is 1. The molecule has 1 unspecified atom stereocenters. The van der Waals surface area contributed by atoms with Crippen molar-refractivity contribution in [2.75, 3.05) is 6.54 Å². The monoisotopic (exact) mass is 300 g/mol. The Kier molecular flexibility index (Phi) is 3.86. The van der Waals surface area contributed by atoms with Gasteiger partial charge in [0.05, 0.1) is 12.4 Å². The fourth-order valence-corrected chi connectivity index (χ4v) is 2.85. The van der Waals surface area contributed by atoms with Crippen LogP contribution in [0.15, 0.2) is 30.9 Å². The van der Waals surface area contributed by atoms with Crippen molar-refractivity contribution in [1.82, 2.24) is 19.9 Å². The van der Waals surface area contributed by atoms with E-state index in [2.05, 4.69) is 15.0 Å². The minimum absolute atomic E-state index is 0.0386. The highest BCUT2D eigenvalue weighted by Crippen LogP contribution is 2.31. The van der Waals surface area contributed by atoms with Gasteiger partial charge >= 0.3 is 5.97 Å². The molecule has 0 aliphatic carbocycles. The van der Waals surface area contributed by atoms with Crippen LogP contribution in [0.4, 0.5) is 0 Å². The molecule has 0 spiro atoms. The largest absolute Gasteiger partial charge is 0.477 e. The zero-order valence-electron chi connectivity index (χ0n) is 11.9. The molecule has 2 N–H and O–H groups in total. The van der Waals surface area contributed by atoms with Gasteiger partial charge in [-0.25, -0.2) is 9.78 Å². The van der Waals surface area contributed by atoms with Gasteiger partial charge in [0, 0.05) is 18.9 Å². The number of amides is 1. The van der Waals surface area contributed by atoms with E-state index in [4.69, 9.17) is 5.11 Å². The Morgan fingerprint density at radius 3 is 2.95 bits per heavy atom. The lowest BCUT2D eigenvalue weighted by Crippen LogP contribution is -2.39. The van der Waals surface area contributed by atoms with Crippen LogP contribution in [0.2, 0.25) is 0 Å². The number of carbonyl (C=O) groups is 2. The third-order valence-electron chi connectivity index (χ3n) is 3.89. The number of carboxylic acid groups (broad SMARTS) is 1. The smallest absolute Gasteiger partial charge is 0.354 e. The Bertz CT molecular complexity index is 683. The average molecular weight is 300 g/mol. The standard InChI is InChI=1S/C15H16N4O3/c20-14(12-13(15(21)22)18-9-17-12)19-7-2-1-5-11(19)10-4-3-6-16-8-10/h3-4,6,8-9,11H,1-2,5,7H2,(H,17,18)(H,21,22). The van der Waals surface area contributed by atoms with E-state index >= 15 is 0 Å². The summed E-state index contributed by atoms with van der Waals surface area (Å²) in [7, 11) is 0. The van der Waals surface area contributed by atoms with E-state index in [1.54, 1.807) is 17.3 Å². The lowest BCUT2D eigenvalue weighted by Gasteiger charge is -2.35. The Morgan fingerprint density at radius 1 is 1.36 bits per heavy atom. The number of imidazole rings is 1. The Balaban J connectivity index is 1.92. The summed E-state index contributed by atoms with van der Waals surface area (Å²) in [6, 6.07) is 3.68. The normalized spacial score (nSPS) is 18.2. The van der Waals surface area contributed by atoms with Crippen LogP contribution in [-0.4, -0.2) is 43.4 Å². The van der Waals surface area contributed by atoms with E-state index in [0.717, 1.165) is 24.8 Å². The number of pyridine rings is 1. The number of carbonyl (C=O) groups excluding carboxylic acids is 1. The van der Waals surface area contributed by atoms with Gasteiger partial charge in [0.15, 0.2) is 11.4 Å². The summed E-state index contributed by atoms with van der Waals surface area (Å²) >= 11 is 0. The van der Waals surface area contributed by atoms with Crippen LogP contribution in [0, 0.1) is 0 Å². The number of likely N-dealkylation sites (tertiary alicyclic amines) is 1. The fraction of sp³-hybridized carbons (Fsp3) is 0.333. The van der Waals surface area contributed by atoms with Gasteiger partial charge in [-0.3, -0.25) is 9.78 Å². The molecule has 1 saturated heterocycles. The van der Waals surface area contributed by atoms with Crippen molar-refractivity contribution < 1.29 is 14.7 Å². The number of nitrogens with zero attached hydrogens (tertiary/aromatic N) is 3. The number of H-pyrrole nitrogens is 1. The summed E-state index contributed by atoms with van der Waals surface area (Å²) in [6.45, 7) is 0.588. The van der Waals surface area contributed by atoms with E-state index < -0.39 is 5.97 Å². The molecule has 7 nitrogen and oxygen atoms in total. The molecule has 22 heavy (non-hydrogen) atoms. The molecule has 1 atom stereocenters. The van der Waals surface area contributed by atoms with E-state index in [1.807, 2.05) is 12.1 Å². The number of hydrogen-bond donors (Lipinski definition) is 2. The highest BCUT2D eigenvalue weighted by atomic mass is 16.4. The zero-order valence-corrected chi connectivity index (χ0v) is 11.9. The van der Waals surface area contributed by atoms with Crippen molar-refractivity contribution in [1.29, 1.82) is 0 Å². The summed E-state index contributed by atoms with van der Waals surface area (Å²) in [5.74, 6) is -1.54. The highest BCUT2D eigenvalue weighted by molar-refractivity contribution is 6.02. The lowest BCUT2D eigenvalue weighted by atomic mass is 9.96. The Labute approximate surface area is 127 Å². The number of nitrogens with one attached hydrogen (secondary N) is 1. The maximum Gasteiger partial charge on any atom is 0.354 e. The molecule has 7 heteroatoms. The molecule has 3 heterocycles. The second-order valence-electron chi connectivity index (χ2n) is 5.23. The predicted octanol–water partition coefficient (Wildman–Crippen LogP) is 1.87. The van der Waals surface area contributed by atoms with Gasteiger partial charge in [0.25, 0.3) is 5.91 Å². The molecule has 0 aromatic carbocycles.